The van der Waals surface area contributed by atoms with Crippen molar-refractivity contribution >= 4 is 37.5 Å². The van der Waals surface area contributed by atoms with Gasteiger partial charge in [0.2, 0.25) is 10.0 Å². The molecule has 1 fully saturated rings. The van der Waals surface area contributed by atoms with Crippen molar-refractivity contribution in [3.05, 3.63) is 57.9 Å². The number of aryl methyl sites for hydroxylation is 2. The van der Waals surface area contributed by atoms with Crippen molar-refractivity contribution in [2.75, 3.05) is 7.05 Å². The number of hydrogen-bond acceptors (Lipinski definition) is 4. The Bertz CT molecular complexity index is 1390. The molecule has 1 aliphatic carbocycles. The highest BCUT2D eigenvalue weighted by Gasteiger charge is 2.35. The lowest BCUT2D eigenvalue weighted by Gasteiger charge is -2.16. The molecule has 1 heterocycles. The number of amides is 1. The zero-order chi connectivity index (χ0) is 22.3. The molecule has 8 heteroatoms. The second kappa shape index (κ2) is 8.08. The van der Waals surface area contributed by atoms with Gasteiger partial charge in [-0.15, -0.1) is 6.42 Å². The van der Waals surface area contributed by atoms with Crippen molar-refractivity contribution in [1.29, 1.82) is 0 Å². The summed E-state index contributed by atoms with van der Waals surface area (Å²) in [5.41, 5.74) is 3.57. The van der Waals surface area contributed by atoms with Crippen molar-refractivity contribution in [2.24, 2.45) is 4.99 Å². The van der Waals surface area contributed by atoms with Crippen LogP contribution in [0, 0.1) is 26.2 Å². The zero-order valence-corrected chi connectivity index (χ0v) is 19.3. The predicted octanol–water partition coefficient (Wildman–Crippen LogP) is 3.48. The number of fused-ring (bicyclic) bond motifs is 1. The van der Waals surface area contributed by atoms with Crippen LogP contribution in [-0.4, -0.2) is 36.3 Å². The van der Waals surface area contributed by atoms with Crippen LogP contribution in [0.2, 0.25) is 0 Å². The van der Waals surface area contributed by atoms with Crippen LogP contribution in [-0.2, 0) is 16.6 Å². The fraction of sp³-hybridized carbons (Fsp3) is 0.304. The minimum atomic E-state index is -3.55. The summed E-state index contributed by atoms with van der Waals surface area (Å²) in [7, 11) is -1.96. The van der Waals surface area contributed by atoms with E-state index in [0.717, 1.165) is 34.2 Å². The normalized spacial score (nSPS) is 14.9. The van der Waals surface area contributed by atoms with Crippen molar-refractivity contribution in [2.45, 2.75) is 44.2 Å². The van der Waals surface area contributed by atoms with Crippen molar-refractivity contribution in [3.63, 3.8) is 0 Å². The molecule has 1 aromatic heterocycles. The molecule has 0 atom stereocenters. The molecule has 0 N–H and O–H groups in total. The topological polar surface area (TPSA) is 71.7 Å². The number of rotatable bonds is 5. The molecule has 0 spiro atoms. The molecule has 31 heavy (non-hydrogen) atoms. The first-order chi connectivity index (χ1) is 14.7. The van der Waals surface area contributed by atoms with E-state index in [0.29, 0.717) is 16.9 Å². The van der Waals surface area contributed by atoms with Crippen LogP contribution in [0.5, 0.6) is 0 Å². The van der Waals surface area contributed by atoms with Gasteiger partial charge in [0.1, 0.15) is 0 Å². The second-order valence-corrected chi connectivity index (χ2v) is 10.8. The Kier molecular flexibility index (Phi) is 5.60. The van der Waals surface area contributed by atoms with Gasteiger partial charge in [-0.25, -0.2) is 8.42 Å². The first-order valence-electron chi connectivity index (χ1n) is 9.93. The molecule has 3 aromatic rings. The fourth-order valence-corrected chi connectivity index (χ4v) is 5.90. The monoisotopic (exact) mass is 453 g/mol. The summed E-state index contributed by atoms with van der Waals surface area (Å²) >= 11 is 1.41. The number of benzene rings is 2. The van der Waals surface area contributed by atoms with Crippen LogP contribution < -0.4 is 4.80 Å². The molecule has 6 nitrogen and oxygen atoms in total. The van der Waals surface area contributed by atoms with Gasteiger partial charge < -0.3 is 4.57 Å². The molecule has 0 unspecified atom stereocenters. The van der Waals surface area contributed by atoms with Crippen molar-refractivity contribution in [1.82, 2.24) is 8.87 Å². The average molecular weight is 454 g/mol. The molecule has 0 radical (unpaired) electrons. The Morgan fingerprint density at radius 3 is 2.48 bits per heavy atom. The fourth-order valence-electron chi connectivity index (χ4n) is 3.37. The quantitative estimate of drug-likeness (QED) is 0.556. The van der Waals surface area contributed by atoms with Gasteiger partial charge >= 0.3 is 0 Å². The SMILES string of the molecule is C#CCn1c(=NC(=O)c2ccc(S(=O)(=O)N(C)C3CC3)cc2)sc2cc(C)c(C)cc21. The maximum absolute atomic E-state index is 12.8. The van der Waals surface area contributed by atoms with Gasteiger partial charge in [-0.05, 0) is 74.2 Å². The third-order valence-corrected chi connectivity index (χ3v) is 8.55. The van der Waals surface area contributed by atoms with E-state index in [1.165, 1.54) is 39.9 Å². The van der Waals surface area contributed by atoms with Crippen molar-refractivity contribution in [3.8, 4) is 12.3 Å². The highest BCUT2D eigenvalue weighted by Crippen LogP contribution is 2.30. The van der Waals surface area contributed by atoms with Gasteiger partial charge in [-0.2, -0.15) is 9.30 Å². The standard InChI is InChI=1S/C23H23N3O3S2/c1-5-12-26-20-13-15(2)16(3)14-21(20)30-23(26)24-22(27)17-6-10-19(11-7-17)31(28,29)25(4)18-8-9-18/h1,6-7,10-11,13-14,18H,8-9,12H2,2-4H3. The smallest absolute Gasteiger partial charge is 0.279 e. The van der Waals surface area contributed by atoms with Gasteiger partial charge in [-0.1, -0.05) is 17.3 Å². The van der Waals surface area contributed by atoms with E-state index in [2.05, 4.69) is 23.0 Å². The van der Waals surface area contributed by atoms with Crippen LogP contribution in [0.15, 0.2) is 46.3 Å². The summed E-state index contributed by atoms with van der Waals surface area (Å²) in [5, 5.41) is 0. The van der Waals surface area contributed by atoms with Gasteiger partial charge in [-0.3, -0.25) is 4.79 Å². The van der Waals surface area contributed by atoms with E-state index in [1.54, 1.807) is 7.05 Å². The van der Waals surface area contributed by atoms with Crippen LogP contribution in [0.4, 0.5) is 0 Å². The van der Waals surface area contributed by atoms with Crippen LogP contribution in [0.1, 0.15) is 34.3 Å². The first-order valence-corrected chi connectivity index (χ1v) is 12.2. The molecular formula is C23H23N3O3S2. The summed E-state index contributed by atoms with van der Waals surface area (Å²) < 4.78 is 29.6. The summed E-state index contributed by atoms with van der Waals surface area (Å²) in [6.45, 7) is 4.38. The van der Waals surface area contributed by atoms with E-state index < -0.39 is 15.9 Å². The third-order valence-electron chi connectivity index (χ3n) is 5.58. The van der Waals surface area contributed by atoms with Crippen molar-refractivity contribution < 1.29 is 13.2 Å². The van der Waals surface area contributed by atoms with E-state index in [4.69, 9.17) is 6.42 Å². The van der Waals surface area contributed by atoms with Gasteiger partial charge in [0.05, 0.1) is 21.7 Å². The van der Waals surface area contributed by atoms with E-state index >= 15 is 0 Å². The molecule has 0 saturated heterocycles. The minimum absolute atomic E-state index is 0.0770. The van der Waals surface area contributed by atoms with Gasteiger partial charge in [0, 0.05) is 18.7 Å². The lowest BCUT2D eigenvalue weighted by atomic mass is 10.1. The number of carbonyl (C=O) groups excluding carboxylic acids is 1. The van der Waals surface area contributed by atoms with E-state index in [-0.39, 0.29) is 10.9 Å². The lowest BCUT2D eigenvalue weighted by molar-refractivity contribution is 0.0998. The van der Waals surface area contributed by atoms with Gasteiger partial charge in [0.15, 0.2) is 4.80 Å². The molecule has 0 aliphatic heterocycles. The molecule has 1 aliphatic rings. The molecule has 0 bridgehead atoms. The van der Waals surface area contributed by atoms with Crippen LogP contribution in [0.25, 0.3) is 10.2 Å². The van der Waals surface area contributed by atoms with Gasteiger partial charge in [0.25, 0.3) is 5.91 Å². The summed E-state index contributed by atoms with van der Waals surface area (Å²) in [4.78, 5) is 17.8. The molecule has 2 aromatic carbocycles. The zero-order valence-electron chi connectivity index (χ0n) is 17.6. The lowest BCUT2D eigenvalue weighted by Crippen LogP contribution is -2.28. The molecule has 160 valence electrons. The van der Waals surface area contributed by atoms with E-state index in [1.807, 2.05) is 18.4 Å². The average Bonchev–Trinajstić information content (AvgIpc) is 3.54. The molecule has 1 amide bonds. The Morgan fingerprint density at radius 2 is 1.87 bits per heavy atom. The summed E-state index contributed by atoms with van der Waals surface area (Å²) in [6, 6.07) is 10.1. The Morgan fingerprint density at radius 1 is 1.23 bits per heavy atom. The maximum Gasteiger partial charge on any atom is 0.279 e. The number of sulfonamides is 1. The number of aromatic nitrogens is 1. The number of nitrogens with zero attached hydrogens (tertiary/aromatic N) is 3. The summed E-state index contributed by atoms with van der Waals surface area (Å²) in [6.07, 6.45) is 7.32. The number of terminal acetylenes is 1. The number of thiazole rings is 1. The highest BCUT2D eigenvalue weighted by atomic mass is 32.2. The highest BCUT2D eigenvalue weighted by molar-refractivity contribution is 7.89. The molecule has 4 rings (SSSR count). The largest absolute Gasteiger partial charge is 0.305 e. The maximum atomic E-state index is 12.8. The van der Waals surface area contributed by atoms with Crippen LogP contribution in [0.3, 0.4) is 0 Å². The number of carbonyl (C=O) groups is 1. The van der Waals surface area contributed by atoms with Crippen LogP contribution >= 0.6 is 11.3 Å². The number of hydrogen-bond donors (Lipinski definition) is 0. The second-order valence-electron chi connectivity index (χ2n) is 7.77. The third kappa shape index (κ3) is 4.09. The first kappa shape index (κ1) is 21.5. The Hall–Kier alpha value is -2.73. The van der Waals surface area contributed by atoms with E-state index in [9.17, 15) is 13.2 Å². The molecular weight excluding hydrogens is 430 g/mol. The minimum Gasteiger partial charge on any atom is -0.305 e. The Balaban J connectivity index is 1.70. The molecule has 1 saturated carbocycles. The predicted molar refractivity (Wildman–Crippen MR) is 122 cm³/mol. The summed E-state index contributed by atoms with van der Waals surface area (Å²) in [5.74, 6) is 2.19. The Labute approximate surface area is 185 Å².